The molecule has 1 atom stereocenters. The number of aryl methyl sites for hydroxylation is 1. The minimum atomic E-state index is -0.446. The molecule has 0 radical (unpaired) electrons. The number of halogens is 1. The van der Waals surface area contributed by atoms with Crippen LogP contribution in [-0.2, 0) is 16.0 Å². The van der Waals surface area contributed by atoms with Crippen molar-refractivity contribution in [2.24, 2.45) is 11.7 Å². The van der Waals surface area contributed by atoms with E-state index >= 15 is 0 Å². The van der Waals surface area contributed by atoms with Crippen LogP contribution in [0.25, 0.3) is 10.9 Å². The van der Waals surface area contributed by atoms with Gasteiger partial charge in [0.05, 0.1) is 25.8 Å². The Balaban J connectivity index is 0.00000280. The van der Waals surface area contributed by atoms with Gasteiger partial charge in [0, 0.05) is 43.0 Å². The van der Waals surface area contributed by atoms with Crippen molar-refractivity contribution in [3.8, 4) is 11.5 Å². The average molecular weight is 412 g/mol. The first-order valence-electron chi connectivity index (χ1n) is 9.47. The zero-order chi connectivity index (χ0) is 19.2. The summed E-state index contributed by atoms with van der Waals surface area (Å²) in [5, 5.41) is 3.99. The molecular weight excluding hydrogens is 382 g/mol. The second-order valence-corrected chi connectivity index (χ2v) is 6.96. The van der Waals surface area contributed by atoms with Gasteiger partial charge in [0.1, 0.15) is 11.5 Å². The second kappa shape index (κ2) is 10.5. The number of hydrogen-bond acceptors (Lipinski definition) is 5. The fraction of sp³-hybridized carbons (Fsp3) is 0.550. The summed E-state index contributed by atoms with van der Waals surface area (Å²) in [6.45, 7) is 1.99. The van der Waals surface area contributed by atoms with Crippen molar-refractivity contribution in [1.82, 2.24) is 10.3 Å². The SMILES string of the molecule is COc1cc(OC)c2cc(CCCNC(=O)C(N)C3CCOCC3)[nH]c2c1.Cl. The molecule has 0 bridgehead atoms. The number of aromatic amines is 1. The van der Waals surface area contributed by atoms with Gasteiger partial charge in [-0.1, -0.05) is 0 Å². The number of nitrogens with two attached hydrogens (primary N) is 1. The third-order valence-corrected chi connectivity index (χ3v) is 5.18. The lowest BCUT2D eigenvalue weighted by Gasteiger charge is -2.26. The summed E-state index contributed by atoms with van der Waals surface area (Å²) < 4.78 is 16.1. The summed E-state index contributed by atoms with van der Waals surface area (Å²) >= 11 is 0. The number of fused-ring (bicyclic) bond motifs is 1. The lowest BCUT2D eigenvalue weighted by molar-refractivity contribution is -0.124. The fourth-order valence-corrected chi connectivity index (χ4v) is 3.56. The third-order valence-electron chi connectivity index (χ3n) is 5.18. The number of carbonyl (C=O) groups excluding carboxylic acids is 1. The maximum atomic E-state index is 12.2. The number of H-pyrrole nitrogens is 1. The van der Waals surface area contributed by atoms with E-state index in [0.29, 0.717) is 19.8 Å². The largest absolute Gasteiger partial charge is 0.497 e. The van der Waals surface area contributed by atoms with Crippen molar-refractivity contribution in [3.63, 3.8) is 0 Å². The monoisotopic (exact) mass is 411 g/mol. The number of amides is 1. The molecule has 0 spiro atoms. The molecular formula is C20H30ClN3O4. The van der Waals surface area contributed by atoms with Gasteiger partial charge < -0.3 is 30.2 Å². The maximum Gasteiger partial charge on any atom is 0.237 e. The van der Waals surface area contributed by atoms with Crippen LogP contribution in [0.5, 0.6) is 11.5 Å². The minimum absolute atomic E-state index is 0. The Morgan fingerprint density at radius 3 is 2.71 bits per heavy atom. The highest BCUT2D eigenvalue weighted by Crippen LogP contribution is 2.31. The molecule has 1 fully saturated rings. The van der Waals surface area contributed by atoms with Crippen molar-refractivity contribution in [2.75, 3.05) is 34.0 Å². The molecule has 1 saturated heterocycles. The first kappa shape index (κ1) is 22.3. The standard InChI is InChI=1S/C20H29N3O4.ClH/c1-25-15-11-17-16(18(12-15)26-2)10-14(23-17)4-3-7-22-20(24)19(21)13-5-8-27-9-6-13;/h10-13,19,23H,3-9,21H2,1-2H3,(H,22,24);1H. The number of methoxy groups -OCH3 is 2. The van der Waals surface area contributed by atoms with Crippen LogP contribution in [0.15, 0.2) is 18.2 Å². The van der Waals surface area contributed by atoms with Gasteiger partial charge in [-0.15, -0.1) is 12.4 Å². The molecule has 8 heteroatoms. The second-order valence-electron chi connectivity index (χ2n) is 6.96. The maximum absolute atomic E-state index is 12.2. The molecule has 4 N–H and O–H groups in total. The molecule has 1 unspecified atom stereocenters. The molecule has 1 amide bonds. The zero-order valence-corrected chi connectivity index (χ0v) is 17.3. The van der Waals surface area contributed by atoms with Crippen molar-refractivity contribution < 1.29 is 19.0 Å². The number of benzene rings is 1. The number of hydrogen-bond donors (Lipinski definition) is 3. The van der Waals surface area contributed by atoms with Crippen molar-refractivity contribution in [3.05, 3.63) is 23.9 Å². The van der Waals surface area contributed by atoms with Crippen LogP contribution in [0.1, 0.15) is 25.0 Å². The number of aromatic nitrogens is 1. The zero-order valence-electron chi connectivity index (χ0n) is 16.5. The van der Waals surface area contributed by atoms with E-state index in [0.717, 1.165) is 53.8 Å². The number of carbonyl (C=O) groups is 1. The Bertz CT molecular complexity index is 774. The van der Waals surface area contributed by atoms with E-state index in [4.69, 9.17) is 19.9 Å². The van der Waals surface area contributed by atoms with Crippen LogP contribution < -0.4 is 20.5 Å². The van der Waals surface area contributed by atoms with Crippen molar-refractivity contribution in [2.45, 2.75) is 31.7 Å². The van der Waals surface area contributed by atoms with Crippen LogP contribution in [0.4, 0.5) is 0 Å². The fourth-order valence-electron chi connectivity index (χ4n) is 3.56. The van der Waals surface area contributed by atoms with Gasteiger partial charge in [-0.25, -0.2) is 0 Å². The van der Waals surface area contributed by atoms with Gasteiger partial charge >= 0.3 is 0 Å². The summed E-state index contributed by atoms with van der Waals surface area (Å²) in [5.41, 5.74) is 8.17. The van der Waals surface area contributed by atoms with E-state index in [1.807, 2.05) is 12.1 Å². The number of ether oxygens (including phenoxy) is 3. The van der Waals surface area contributed by atoms with Gasteiger partial charge in [0.15, 0.2) is 0 Å². The molecule has 2 aromatic rings. The van der Waals surface area contributed by atoms with Crippen LogP contribution >= 0.6 is 12.4 Å². The van der Waals surface area contributed by atoms with Crippen LogP contribution in [0.3, 0.4) is 0 Å². The predicted octanol–water partition coefficient (Wildman–Crippen LogP) is 2.41. The molecule has 2 heterocycles. The molecule has 156 valence electrons. The van der Waals surface area contributed by atoms with Crippen molar-refractivity contribution >= 4 is 29.2 Å². The lowest BCUT2D eigenvalue weighted by Crippen LogP contribution is -2.47. The van der Waals surface area contributed by atoms with E-state index in [-0.39, 0.29) is 24.2 Å². The molecule has 1 aliphatic heterocycles. The van der Waals surface area contributed by atoms with E-state index in [9.17, 15) is 4.79 Å². The lowest BCUT2D eigenvalue weighted by atomic mass is 9.92. The molecule has 7 nitrogen and oxygen atoms in total. The number of rotatable bonds is 8. The van der Waals surface area contributed by atoms with E-state index in [1.54, 1.807) is 14.2 Å². The van der Waals surface area contributed by atoms with Crippen LogP contribution in [0, 0.1) is 5.92 Å². The van der Waals surface area contributed by atoms with E-state index < -0.39 is 6.04 Å². The van der Waals surface area contributed by atoms with Gasteiger partial charge in [0.2, 0.25) is 5.91 Å². The molecule has 1 aliphatic rings. The smallest absolute Gasteiger partial charge is 0.237 e. The van der Waals surface area contributed by atoms with Gasteiger partial charge in [0.25, 0.3) is 0 Å². The molecule has 1 aromatic heterocycles. The normalized spacial score (nSPS) is 15.7. The number of nitrogens with one attached hydrogen (secondary N) is 2. The highest BCUT2D eigenvalue weighted by atomic mass is 35.5. The third kappa shape index (κ3) is 5.31. The highest BCUT2D eigenvalue weighted by Gasteiger charge is 2.26. The topological polar surface area (TPSA) is 98.6 Å². The Kier molecular flexibility index (Phi) is 8.41. The Morgan fingerprint density at radius 1 is 1.29 bits per heavy atom. The predicted molar refractivity (Wildman–Crippen MR) is 111 cm³/mol. The van der Waals surface area contributed by atoms with Crippen LogP contribution in [-0.4, -0.2) is 50.9 Å². The average Bonchev–Trinajstić information content (AvgIpc) is 3.13. The first-order valence-corrected chi connectivity index (χ1v) is 9.47. The summed E-state index contributed by atoms with van der Waals surface area (Å²) in [7, 11) is 3.29. The molecule has 0 saturated carbocycles. The molecule has 0 aliphatic carbocycles. The van der Waals surface area contributed by atoms with E-state index in [1.165, 1.54) is 0 Å². The quantitative estimate of drug-likeness (QED) is 0.579. The summed E-state index contributed by atoms with van der Waals surface area (Å²) in [6.07, 6.45) is 3.37. The molecule has 28 heavy (non-hydrogen) atoms. The summed E-state index contributed by atoms with van der Waals surface area (Å²) in [6, 6.07) is 5.47. The highest BCUT2D eigenvalue weighted by molar-refractivity contribution is 5.88. The molecule has 3 rings (SSSR count). The van der Waals surface area contributed by atoms with Gasteiger partial charge in [-0.05, 0) is 37.7 Å². The van der Waals surface area contributed by atoms with Gasteiger partial charge in [-0.3, -0.25) is 4.79 Å². The van der Waals surface area contributed by atoms with Gasteiger partial charge in [-0.2, -0.15) is 0 Å². The molecule has 1 aromatic carbocycles. The first-order chi connectivity index (χ1) is 13.1. The summed E-state index contributed by atoms with van der Waals surface area (Å²) in [5.74, 6) is 1.68. The Labute approximate surface area is 171 Å². The minimum Gasteiger partial charge on any atom is -0.497 e. The van der Waals surface area contributed by atoms with Crippen molar-refractivity contribution in [1.29, 1.82) is 0 Å². The Morgan fingerprint density at radius 2 is 2.04 bits per heavy atom. The van der Waals surface area contributed by atoms with E-state index in [2.05, 4.69) is 16.4 Å². The summed E-state index contributed by atoms with van der Waals surface area (Å²) in [4.78, 5) is 15.6. The van der Waals surface area contributed by atoms with Crippen LogP contribution in [0.2, 0.25) is 0 Å². The Hall–Kier alpha value is -1.96.